The van der Waals surface area contributed by atoms with E-state index in [4.69, 9.17) is 14.4 Å². The van der Waals surface area contributed by atoms with Crippen molar-refractivity contribution in [2.24, 2.45) is 0 Å². The second-order valence-corrected chi connectivity index (χ2v) is 27.8. The molecule has 108 heavy (non-hydrogen) atoms. The molecule has 0 spiro atoms. The molecule has 7 nitrogen and oxygen atoms in total. The van der Waals surface area contributed by atoms with Gasteiger partial charge in [-0.1, -0.05) is 291 Å². The van der Waals surface area contributed by atoms with E-state index < -0.39 is 0 Å². The highest BCUT2D eigenvalue weighted by Gasteiger charge is 2.34. The van der Waals surface area contributed by atoms with Crippen LogP contribution in [0.2, 0.25) is 0 Å². The van der Waals surface area contributed by atoms with Crippen LogP contribution in [0.5, 0.6) is 0 Å². The summed E-state index contributed by atoms with van der Waals surface area (Å²) in [5.74, 6) is 0.493. The van der Waals surface area contributed by atoms with Gasteiger partial charge in [0.1, 0.15) is 22.9 Å². The summed E-state index contributed by atoms with van der Waals surface area (Å²) in [6.45, 7) is 0. The summed E-state index contributed by atoms with van der Waals surface area (Å²) in [6, 6.07) is 137. The number of nitrogens with zero attached hydrogens (tertiary/aromatic N) is 6. The minimum atomic E-state index is 0.403. The Labute approximate surface area is 622 Å². The van der Waals surface area contributed by atoms with Gasteiger partial charge in [0.15, 0.2) is 11.4 Å². The van der Waals surface area contributed by atoms with E-state index in [1.807, 2.05) is 36.4 Å². The molecule has 0 aliphatic heterocycles. The maximum absolute atomic E-state index is 13.4. The number of hydrogen-bond donors (Lipinski definition) is 0. The first-order valence-corrected chi connectivity index (χ1v) is 36.6. The zero-order valence-electron chi connectivity index (χ0n) is 58.4. The Bertz CT molecular complexity index is 6830. The van der Waals surface area contributed by atoms with Crippen molar-refractivity contribution >= 4 is 87.4 Å². The third-order valence-corrected chi connectivity index (χ3v) is 21.7. The van der Waals surface area contributed by atoms with E-state index in [2.05, 4.69) is 359 Å². The lowest BCUT2D eigenvalue weighted by Crippen LogP contribution is -2.11. The summed E-state index contributed by atoms with van der Waals surface area (Å²) in [5, 5.41) is 21.2. The Morgan fingerprint density at radius 3 is 0.806 bits per heavy atom. The molecular formula is C101H62N6O. The maximum atomic E-state index is 13.4. The van der Waals surface area contributed by atoms with Crippen LogP contribution in [0.1, 0.15) is 5.56 Å². The van der Waals surface area contributed by atoms with Gasteiger partial charge in [0, 0.05) is 48.8 Å². The van der Waals surface area contributed by atoms with Crippen molar-refractivity contribution in [3.63, 3.8) is 0 Å². The average molecular weight is 1380 g/mol. The molecule has 21 aromatic rings. The fraction of sp³-hybridized carbons (Fsp3) is 0. The van der Waals surface area contributed by atoms with Crippen molar-refractivity contribution in [3.05, 3.63) is 382 Å². The minimum absolute atomic E-state index is 0.403. The summed E-state index contributed by atoms with van der Waals surface area (Å²) < 4.78 is 15.3. The van der Waals surface area contributed by atoms with Crippen LogP contribution < -0.4 is 0 Å². The number of rotatable bonds is 12. The molecule has 0 saturated carbocycles. The van der Waals surface area contributed by atoms with Crippen molar-refractivity contribution < 1.29 is 4.42 Å². The van der Waals surface area contributed by atoms with Crippen LogP contribution in [-0.4, -0.2) is 23.7 Å². The molecular weight excluding hydrogens is 1310 g/mol. The topological polar surface area (TPSA) is 77.5 Å². The SMILES string of the molecule is N#Cc1c(-n2c3ccc(-c4ccccc4)cc3c3cc(-c4ccccc4)ccc32)c(-n2c3ccc(-c4ccccc4)cc3c3cc(-c4ccccc4)ccc32)c2c(oc3c(-c4nc(-c5ccccc5)cc(-c5ccccc5)n4)cccc32)c1-n1c2ccc(-c3ccccc3)cc2c2cc(-c3ccccc3)ccc21. The first kappa shape index (κ1) is 61.9. The molecule has 0 radical (unpaired) electrons. The lowest BCUT2D eigenvalue weighted by molar-refractivity contribution is 0.666. The van der Waals surface area contributed by atoms with Crippen LogP contribution in [0.3, 0.4) is 0 Å². The van der Waals surface area contributed by atoms with E-state index >= 15 is 0 Å². The lowest BCUT2D eigenvalue weighted by atomic mass is 9.99. The molecule has 0 amide bonds. The number of fused-ring (bicyclic) bond motifs is 12. The summed E-state index contributed by atoms with van der Waals surface area (Å²) in [4.78, 5) is 11.1. The van der Waals surface area contributed by atoms with E-state index in [0.717, 1.165) is 171 Å². The van der Waals surface area contributed by atoms with Crippen molar-refractivity contribution in [3.8, 4) is 124 Å². The van der Waals surface area contributed by atoms with Gasteiger partial charge in [-0.15, -0.1) is 0 Å². The maximum Gasteiger partial charge on any atom is 0.164 e. The van der Waals surface area contributed by atoms with Crippen molar-refractivity contribution in [1.29, 1.82) is 5.26 Å². The van der Waals surface area contributed by atoms with E-state index in [0.29, 0.717) is 39.5 Å². The fourth-order valence-electron chi connectivity index (χ4n) is 16.6. The van der Waals surface area contributed by atoms with Gasteiger partial charge in [-0.05, 0) is 152 Å². The third-order valence-electron chi connectivity index (χ3n) is 21.7. The molecule has 0 aliphatic rings. The molecule has 0 saturated heterocycles. The Kier molecular flexibility index (Phi) is 14.5. The second-order valence-electron chi connectivity index (χ2n) is 27.8. The largest absolute Gasteiger partial charge is 0.453 e. The van der Waals surface area contributed by atoms with Crippen LogP contribution in [0, 0.1) is 11.3 Å². The molecule has 5 aromatic heterocycles. The van der Waals surface area contributed by atoms with Crippen LogP contribution in [-0.2, 0) is 0 Å². The van der Waals surface area contributed by atoms with E-state index in [1.165, 1.54) is 0 Å². The Morgan fingerprint density at radius 2 is 0.509 bits per heavy atom. The number of hydrogen-bond acceptors (Lipinski definition) is 4. The molecule has 16 aromatic carbocycles. The summed E-state index contributed by atoms with van der Waals surface area (Å²) in [6.07, 6.45) is 0. The summed E-state index contributed by atoms with van der Waals surface area (Å²) in [5.41, 5.74) is 26.3. The van der Waals surface area contributed by atoms with Crippen LogP contribution in [0.4, 0.5) is 0 Å². The molecule has 0 aliphatic carbocycles. The average Bonchev–Trinajstić information content (AvgIpc) is 1.52. The van der Waals surface area contributed by atoms with Gasteiger partial charge in [0.25, 0.3) is 0 Å². The van der Waals surface area contributed by atoms with E-state index in [-0.39, 0.29) is 0 Å². The monoisotopic (exact) mass is 1370 g/mol. The van der Waals surface area contributed by atoms with Crippen LogP contribution >= 0.6 is 0 Å². The summed E-state index contributed by atoms with van der Waals surface area (Å²) in [7, 11) is 0. The number of benzene rings is 16. The van der Waals surface area contributed by atoms with Gasteiger partial charge in [-0.3, -0.25) is 0 Å². The third kappa shape index (κ3) is 10.1. The molecule has 5 heterocycles. The quantitative estimate of drug-likeness (QED) is 0.122. The van der Waals surface area contributed by atoms with Gasteiger partial charge >= 0.3 is 0 Å². The smallest absolute Gasteiger partial charge is 0.164 e. The highest BCUT2D eigenvalue weighted by atomic mass is 16.3. The summed E-state index contributed by atoms with van der Waals surface area (Å²) >= 11 is 0. The predicted molar refractivity (Wildman–Crippen MR) is 446 cm³/mol. The van der Waals surface area contributed by atoms with Gasteiger partial charge in [0.05, 0.1) is 66.8 Å². The number of para-hydroxylation sites is 1. The zero-order valence-corrected chi connectivity index (χ0v) is 58.4. The van der Waals surface area contributed by atoms with Gasteiger partial charge in [0.2, 0.25) is 0 Å². The fourth-order valence-corrected chi connectivity index (χ4v) is 16.6. The molecule has 0 unspecified atom stereocenters. The van der Waals surface area contributed by atoms with Gasteiger partial charge < -0.3 is 18.1 Å². The lowest BCUT2D eigenvalue weighted by Gasteiger charge is -2.23. The first-order valence-electron chi connectivity index (χ1n) is 36.6. The minimum Gasteiger partial charge on any atom is -0.453 e. The number of furan rings is 1. The van der Waals surface area contributed by atoms with Crippen molar-refractivity contribution in [2.75, 3.05) is 0 Å². The second kappa shape index (κ2) is 25.3. The van der Waals surface area contributed by atoms with Crippen molar-refractivity contribution in [1.82, 2.24) is 23.7 Å². The van der Waals surface area contributed by atoms with E-state index in [9.17, 15) is 5.26 Å². The normalized spacial score (nSPS) is 11.7. The number of nitriles is 1. The predicted octanol–water partition coefficient (Wildman–Crippen LogP) is 26.5. The molecule has 502 valence electrons. The number of aromatic nitrogens is 5. The molecule has 0 N–H and O–H groups in total. The molecule has 0 fully saturated rings. The van der Waals surface area contributed by atoms with E-state index in [1.54, 1.807) is 0 Å². The van der Waals surface area contributed by atoms with Crippen LogP contribution in [0.15, 0.2) is 381 Å². The Hall–Kier alpha value is -14.7. The first-order chi connectivity index (χ1) is 53.5. The van der Waals surface area contributed by atoms with Gasteiger partial charge in [-0.25, -0.2) is 9.97 Å². The van der Waals surface area contributed by atoms with Crippen molar-refractivity contribution in [2.45, 2.75) is 0 Å². The van der Waals surface area contributed by atoms with Gasteiger partial charge in [-0.2, -0.15) is 5.26 Å². The Balaban J connectivity index is 0.984. The molecule has 7 heteroatoms. The highest BCUT2D eigenvalue weighted by Crippen LogP contribution is 2.52. The molecule has 21 rings (SSSR count). The molecule has 0 bridgehead atoms. The zero-order chi connectivity index (χ0) is 71.3. The van der Waals surface area contributed by atoms with Crippen LogP contribution in [0.25, 0.3) is 205 Å². The highest BCUT2D eigenvalue weighted by molar-refractivity contribution is 6.23. The molecule has 0 atom stereocenters. The standard InChI is InChI=1S/C101H62N6O/c102-63-86-96(105-89-50-44-72(64-26-9-1-10-27-64)56-80(89)81-57-73(45-51-90(81)105)65-28-11-2-12-29-65)98(107-93-54-48-76(68-34-17-5-18-35-68)60-84(93)85-61-77(49-55-94(85)107)69-36-19-6-20-37-69)95-78-42-25-43-79(101-103-87(70-38-21-7-22-39-70)62-88(104-101)71-40-23-8-24-41-71)99(78)108-100(95)97(86)106-91-52-46-74(66-30-13-3-14-31-66)58-82(91)83-59-75(47-53-92(83)106)67-32-15-4-16-33-67/h1-62H. The Morgan fingerprint density at radius 1 is 0.231 bits per heavy atom.